The molecule has 0 aliphatic carbocycles. The lowest BCUT2D eigenvalue weighted by Crippen LogP contribution is -1.89. The highest BCUT2D eigenvalue weighted by Gasteiger charge is 2.07. The van der Waals surface area contributed by atoms with E-state index in [0.29, 0.717) is 0 Å². The van der Waals surface area contributed by atoms with Crippen molar-refractivity contribution in [3.8, 4) is 0 Å². The lowest BCUT2D eigenvalue weighted by molar-refractivity contribution is -0.384. The summed E-state index contributed by atoms with van der Waals surface area (Å²) in [4.78, 5) is 9.93. The molecule has 3 nitrogen and oxygen atoms in total. The molecular formula is C7H5BrINO2. The van der Waals surface area contributed by atoms with Crippen molar-refractivity contribution in [2.45, 2.75) is 4.43 Å². The Labute approximate surface area is 91.6 Å². The van der Waals surface area contributed by atoms with Crippen molar-refractivity contribution in [1.82, 2.24) is 0 Å². The van der Waals surface area contributed by atoms with E-state index in [-0.39, 0.29) is 5.69 Å². The van der Waals surface area contributed by atoms with E-state index in [9.17, 15) is 10.1 Å². The predicted octanol–water partition coefficient (Wildman–Crippen LogP) is 3.29. The van der Waals surface area contributed by atoms with Crippen LogP contribution in [-0.2, 0) is 4.43 Å². The van der Waals surface area contributed by atoms with Gasteiger partial charge in [-0.1, -0.05) is 44.6 Å². The van der Waals surface area contributed by atoms with Crippen LogP contribution >= 0.6 is 38.5 Å². The zero-order valence-electron chi connectivity index (χ0n) is 5.96. The largest absolute Gasteiger partial charge is 0.270 e. The minimum absolute atomic E-state index is 0.121. The third kappa shape index (κ3) is 2.16. The molecule has 64 valence electrons. The first-order chi connectivity index (χ1) is 5.65. The molecule has 0 saturated carbocycles. The molecule has 0 aliphatic heterocycles. The molecular weight excluding hydrogens is 337 g/mol. The van der Waals surface area contributed by atoms with Crippen LogP contribution in [0.15, 0.2) is 22.7 Å². The van der Waals surface area contributed by atoms with Gasteiger partial charge >= 0.3 is 0 Å². The van der Waals surface area contributed by atoms with Gasteiger partial charge in [0.15, 0.2) is 0 Å². The molecule has 0 radical (unpaired) electrons. The van der Waals surface area contributed by atoms with Crippen molar-refractivity contribution in [2.24, 2.45) is 0 Å². The molecule has 0 atom stereocenters. The number of hydrogen-bond donors (Lipinski definition) is 0. The fourth-order valence-electron chi connectivity index (χ4n) is 0.758. The van der Waals surface area contributed by atoms with Crippen molar-refractivity contribution in [2.75, 3.05) is 0 Å². The second-order valence-electron chi connectivity index (χ2n) is 2.17. The van der Waals surface area contributed by atoms with E-state index in [2.05, 4.69) is 38.5 Å². The number of non-ortho nitro benzene ring substituents is 1. The molecule has 5 heteroatoms. The van der Waals surface area contributed by atoms with E-state index in [1.165, 1.54) is 12.1 Å². The highest BCUT2D eigenvalue weighted by Crippen LogP contribution is 2.24. The van der Waals surface area contributed by atoms with Crippen LogP contribution in [0.25, 0.3) is 0 Å². The van der Waals surface area contributed by atoms with Crippen LogP contribution < -0.4 is 0 Å². The lowest BCUT2D eigenvalue weighted by atomic mass is 10.2. The summed E-state index contributed by atoms with van der Waals surface area (Å²) in [6.45, 7) is 0. The minimum Gasteiger partial charge on any atom is -0.258 e. The summed E-state index contributed by atoms with van der Waals surface area (Å²) in [7, 11) is 0. The van der Waals surface area contributed by atoms with Crippen LogP contribution in [-0.4, -0.2) is 4.92 Å². The molecule has 0 unspecified atom stereocenters. The summed E-state index contributed by atoms with van der Waals surface area (Å²) >= 11 is 5.47. The van der Waals surface area contributed by atoms with Crippen LogP contribution in [0.3, 0.4) is 0 Å². The maximum atomic E-state index is 10.3. The molecule has 0 saturated heterocycles. The van der Waals surface area contributed by atoms with Crippen LogP contribution in [0.1, 0.15) is 5.56 Å². The van der Waals surface area contributed by atoms with Gasteiger partial charge in [-0.2, -0.15) is 0 Å². The zero-order valence-corrected chi connectivity index (χ0v) is 9.70. The van der Waals surface area contributed by atoms with Gasteiger partial charge in [0.1, 0.15) is 0 Å². The SMILES string of the molecule is O=[N+]([O-])c1ccc(CI)c(Br)c1. The maximum absolute atomic E-state index is 10.3. The number of rotatable bonds is 2. The third-order valence-corrected chi connectivity index (χ3v) is 2.95. The van der Waals surface area contributed by atoms with Gasteiger partial charge in [-0.3, -0.25) is 10.1 Å². The number of nitro groups is 1. The molecule has 0 fully saturated rings. The van der Waals surface area contributed by atoms with Gasteiger partial charge in [-0.15, -0.1) is 0 Å². The molecule has 0 aliphatic rings. The molecule has 1 aromatic carbocycles. The van der Waals surface area contributed by atoms with E-state index < -0.39 is 4.92 Å². The Morgan fingerprint density at radius 1 is 1.58 bits per heavy atom. The molecule has 0 N–H and O–H groups in total. The van der Waals surface area contributed by atoms with Crippen LogP contribution in [0.5, 0.6) is 0 Å². The van der Waals surface area contributed by atoms with Gasteiger partial charge in [0.2, 0.25) is 0 Å². The number of benzene rings is 1. The number of alkyl halides is 1. The van der Waals surface area contributed by atoms with E-state index in [1.807, 2.05) is 0 Å². The van der Waals surface area contributed by atoms with Crippen molar-refractivity contribution in [3.63, 3.8) is 0 Å². The Kier molecular flexibility index (Phi) is 3.45. The quantitative estimate of drug-likeness (QED) is 0.358. The fraction of sp³-hybridized carbons (Fsp3) is 0.143. The first-order valence-electron chi connectivity index (χ1n) is 3.14. The van der Waals surface area contributed by atoms with Gasteiger partial charge in [0.25, 0.3) is 5.69 Å². The molecule has 1 aromatic rings. The van der Waals surface area contributed by atoms with Gasteiger partial charge in [0, 0.05) is 21.0 Å². The summed E-state index contributed by atoms with van der Waals surface area (Å²) in [5.41, 5.74) is 1.19. The summed E-state index contributed by atoms with van der Waals surface area (Å²) in [5, 5.41) is 10.3. The molecule has 0 aromatic heterocycles. The smallest absolute Gasteiger partial charge is 0.258 e. The average Bonchev–Trinajstić information content (AvgIpc) is 2.04. The highest BCUT2D eigenvalue weighted by molar-refractivity contribution is 14.1. The minimum atomic E-state index is -0.401. The van der Waals surface area contributed by atoms with Crippen molar-refractivity contribution >= 4 is 44.2 Å². The Morgan fingerprint density at radius 3 is 2.67 bits per heavy atom. The second kappa shape index (κ2) is 4.18. The summed E-state index contributed by atoms with van der Waals surface area (Å²) in [5.74, 6) is 0. The number of halogens is 2. The van der Waals surface area contributed by atoms with Gasteiger partial charge in [-0.25, -0.2) is 0 Å². The first kappa shape index (κ1) is 9.91. The molecule has 0 amide bonds. The van der Waals surface area contributed by atoms with E-state index in [1.54, 1.807) is 6.07 Å². The second-order valence-corrected chi connectivity index (χ2v) is 3.78. The molecule has 0 heterocycles. The Balaban J connectivity index is 3.10. The van der Waals surface area contributed by atoms with Crippen LogP contribution in [0.4, 0.5) is 5.69 Å². The molecule has 0 bridgehead atoms. The Morgan fingerprint density at radius 2 is 2.25 bits per heavy atom. The van der Waals surface area contributed by atoms with Gasteiger partial charge in [0.05, 0.1) is 4.92 Å². The zero-order chi connectivity index (χ0) is 9.14. The maximum Gasteiger partial charge on any atom is 0.270 e. The van der Waals surface area contributed by atoms with Crippen molar-refractivity contribution in [1.29, 1.82) is 0 Å². The average molecular weight is 342 g/mol. The first-order valence-corrected chi connectivity index (χ1v) is 5.46. The fourth-order valence-corrected chi connectivity index (χ4v) is 2.45. The monoisotopic (exact) mass is 341 g/mol. The predicted molar refractivity (Wildman–Crippen MR) is 58.5 cm³/mol. The summed E-state index contributed by atoms with van der Waals surface area (Å²) in [6, 6.07) is 4.79. The van der Waals surface area contributed by atoms with Crippen molar-refractivity contribution < 1.29 is 4.92 Å². The topological polar surface area (TPSA) is 43.1 Å². The van der Waals surface area contributed by atoms with Gasteiger partial charge < -0.3 is 0 Å². The van der Waals surface area contributed by atoms with E-state index in [0.717, 1.165) is 14.5 Å². The summed E-state index contributed by atoms with van der Waals surface area (Å²) < 4.78 is 1.64. The van der Waals surface area contributed by atoms with E-state index >= 15 is 0 Å². The summed E-state index contributed by atoms with van der Waals surface area (Å²) in [6.07, 6.45) is 0. The number of hydrogen-bond acceptors (Lipinski definition) is 2. The Bertz CT molecular complexity index is 316. The number of nitro benzene ring substituents is 1. The third-order valence-electron chi connectivity index (χ3n) is 1.39. The normalized spacial score (nSPS) is 9.83. The highest BCUT2D eigenvalue weighted by atomic mass is 127. The standard InChI is InChI=1S/C7H5BrINO2/c8-7-3-6(10(11)12)2-1-5(7)4-9/h1-3H,4H2. The lowest BCUT2D eigenvalue weighted by Gasteiger charge is -1.98. The molecule has 1 rings (SSSR count). The van der Waals surface area contributed by atoms with Crippen molar-refractivity contribution in [3.05, 3.63) is 38.3 Å². The van der Waals surface area contributed by atoms with E-state index in [4.69, 9.17) is 0 Å². The Hall–Kier alpha value is -0.170. The number of nitrogens with zero attached hydrogens (tertiary/aromatic N) is 1. The van der Waals surface area contributed by atoms with Crippen LogP contribution in [0.2, 0.25) is 0 Å². The van der Waals surface area contributed by atoms with Gasteiger partial charge in [-0.05, 0) is 5.56 Å². The van der Waals surface area contributed by atoms with Crippen LogP contribution in [0, 0.1) is 10.1 Å². The molecule has 12 heavy (non-hydrogen) atoms. The molecule has 0 spiro atoms.